The number of carbonyl (C=O) groups is 2. The highest BCUT2D eigenvalue weighted by atomic mass is 32.1. The molecule has 0 bridgehead atoms. The van der Waals surface area contributed by atoms with Crippen molar-refractivity contribution < 1.29 is 14.7 Å². The van der Waals surface area contributed by atoms with Crippen LogP contribution in [0.1, 0.15) is 27.7 Å². The smallest absolute Gasteiger partial charge is 0.327 e. The molecule has 4 nitrogen and oxygen atoms in total. The summed E-state index contributed by atoms with van der Waals surface area (Å²) in [6.07, 6.45) is 0. The van der Waals surface area contributed by atoms with Gasteiger partial charge in [-0.05, 0) is 13.8 Å². The number of carboxylic acid groups (broad SMARTS) is 1. The van der Waals surface area contributed by atoms with Crippen molar-refractivity contribution in [1.82, 2.24) is 5.32 Å². The van der Waals surface area contributed by atoms with Gasteiger partial charge in [0.25, 0.3) is 0 Å². The van der Waals surface area contributed by atoms with Gasteiger partial charge in [0, 0.05) is 10.5 Å². The first-order valence-corrected chi connectivity index (χ1v) is 5.97. The Kier molecular flexibility index (Phi) is 5.19. The lowest BCUT2D eigenvalue weighted by atomic mass is 9.93. The summed E-state index contributed by atoms with van der Waals surface area (Å²) in [5, 5.41) is 11.5. The molecule has 0 radical (unpaired) electrons. The van der Waals surface area contributed by atoms with E-state index in [1.165, 1.54) is 0 Å². The van der Waals surface area contributed by atoms with Gasteiger partial charge in [-0.3, -0.25) is 4.79 Å². The van der Waals surface area contributed by atoms with Crippen molar-refractivity contribution in [3.8, 4) is 0 Å². The number of carbonyl (C=O) groups excluding carboxylic acids is 1. The Bertz CT molecular complexity index is 284. The van der Waals surface area contributed by atoms with E-state index < -0.39 is 22.2 Å². The summed E-state index contributed by atoms with van der Waals surface area (Å²) in [6.45, 7) is 6.70. The minimum Gasteiger partial charge on any atom is -0.480 e. The van der Waals surface area contributed by atoms with Crippen LogP contribution in [0.2, 0.25) is 0 Å². The molecular weight excluding hydrogens is 246 g/mol. The third kappa shape index (κ3) is 4.25. The number of rotatable bonds is 5. The van der Waals surface area contributed by atoms with Crippen molar-refractivity contribution in [2.24, 2.45) is 5.41 Å². The highest BCUT2D eigenvalue weighted by Crippen LogP contribution is 2.21. The molecule has 0 rings (SSSR count). The fourth-order valence-corrected chi connectivity index (χ4v) is 1.26. The normalized spacial score (nSPS) is 14.4. The van der Waals surface area contributed by atoms with E-state index >= 15 is 0 Å². The van der Waals surface area contributed by atoms with Crippen molar-refractivity contribution in [3.05, 3.63) is 0 Å². The molecule has 16 heavy (non-hydrogen) atoms. The fourth-order valence-electron chi connectivity index (χ4n) is 0.939. The Labute approximate surface area is 107 Å². The molecule has 0 aromatic heterocycles. The topological polar surface area (TPSA) is 66.4 Å². The van der Waals surface area contributed by atoms with Crippen molar-refractivity contribution in [2.75, 3.05) is 5.75 Å². The van der Waals surface area contributed by atoms with E-state index in [4.69, 9.17) is 5.11 Å². The van der Waals surface area contributed by atoms with Crippen LogP contribution in [0.5, 0.6) is 0 Å². The van der Waals surface area contributed by atoms with Crippen molar-refractivity contribution >= 4 is 37.1 Å². The Balaban J connectivity index is 4.81. The molecule has 0 saturated carbocycles. The number of nitrogens with one attached hydrogen (secondary N) is 1. The molecule has 0 fully saturated rings. The van der Waals surface area contributed by atoms with E-state index in [9.17, 15) is 9.59 Å². The second-order valence-electron chi connectivity index (χ2n) is 4.94. The van der Waals surface area contributed by atoms with Crippen molar-refractivity contribution in [1.29, 1.82) is 0 Å². The largest absolute Gasteiger partial charge is 0.480 e. The summed E-state index contributed by atoms with van der Waals surface area (Å²) in [7, 11) is 0. The average molecular weight is 265 g/mol. The van der Waals surface area contributed by atoms with Crippen LogP contribution in [0.3, 0.4) is 0 Å². The third-order valence-electron chi connectivity index (χ3n) is 2.24. The van der Waals surface area contributed by atoms with Crippen LogP contribution >= 0.6 is 25.3 Å². The summed E-state index contributed by atoms with van der Waals surface area (Å²) in [5.74, 6) is -1.08. The SMILES string of the molecule is CC(C)(CS)C(=O)N[C@H](C(=O)O)C(C)(C)S. The van der Waals surface area contributed by atoms with E-state index in [2.05, 4.69) is 30.6 Å². The fraction of sp³-hybridized carbons (Fsp3) is 0.800. The van der Waals surface area contributed by atoms with Crippen LogP contribution in [0.15, 0.2) is 0 Å². The number of carboxylic acids is 1. The quantitative estimate of drug-likeness (QED) is 0.565. The summed E-state index contributed by atoms with van der Waals surface area (Å²) in [6, 6.07) is -1.03. The molecule has 0 aliphatic rings. The minimum absolute atomic E-state index is 0.336. The van der Waals surface area contributed by atoms with Crippen LogP contribution in [0.25, 0.3) is 0 Å². The number of hydrogen-bond acceptors (Lipinski definition) is 4. The Morgan fingerprint density at radius 1 is 1.31 bits per heavy atom. The summed E-state index contributed by atoms with van der Waals surface area (Å²) in [5.41, 5.74) is -0.699. The van der Waals surface area contributed by atoms with Crippen LogP contribution in [-0.4, -0.2) is 33.5 Å². The number of amides is 1. The first-order valence-electron chi connectivity index (χ1n) is 4.89. The maximum atomic E-state index is 11.8. The van der Waals surface area contributed by atoms with Gasteiger partial charge >= 0.3 is 5.97 Å². The van der Waals surface area contributed by atoms with Crippen LogP contribution in [0.4, 0.5) is 0 Å². The zero-order valence-electron chi connectivity index (χ0n) is 9.94. The predicted octanol–water partition coefficient (Wildman–Crippen LogP) is 1.22. The molecule has 0 saturated heterocycles. The van der Waals surface area contributed by atoms with Gasteiger partial charge < -0.3 is 10.4 Å². The van der Waals surface area contributed by atoms with Crippen LogP contribution < -0.4 is 5.32 Å². The second-order valence-corrected chi connectivity index (χ2v) is 6.41. The summed E-state index contributed by atoms with van der Waals surface area (Å²) in [4.78, 5) is 22.8. The van der Waals surface area contributed by atoms with Gasteiger partial charge in [0.1, 0.15) is 6.04 Å². The van der Waals surface area contributed by atoms with E-state index in [1.54, 1.807) is 27.7 Å². The standard InChI is InChI=1S/C10H19NO3S2/c1-9(2,5-15)8(14)11-6(7(12)13)10(3,4)16/h6,15-16H,5H2,1-4H3,(H,11,14)(H,12,13)/t6-/m1/s1. The molecule has 6 heteroatoms. The Morgan fingerprint density at radius 3 is 2.00 bits per heavy atom. The summed E-state index contributed by atoms with van der Waals surface area (Å²) >= 11 is 8.23. The monoisotopic (exact) mass is 265 g/mol. The molecular formula is C10H19NO3S2. The van der Waals surface area contributed by atoms with E-state index in [1.807, 2.05) is 0 Å². The Morgan fingerprint density at radius 2 is 1.75 bits per heavy atom. The van der Waals surface area contributed by atoms with Crippen LogP contribution in [0, 0.1) is 5.41 Å². The zero-order chi connectivity index (χ0) is 13.1. The highest BCUT2D eigenvalue weighted by Gasteiger charge is 2.37. The molecule has 0 aliphatic carbocycles. The molecule has 1 amide bonds. The van der Waals surface area contributed by atoms with Gasteiger partial charge in [-0.15, -0.1) is 0 Å². The van der Waals surface area contributed by atoms with E-state index in [0.29, 0.717) is 5.75 Å². The van der Waals surface area contributed by atoms with E-state index in [-0.39, 0.29) is 5.91 Å². The third-order valence-corrected chi connectivity index (χ3v) is 3.29. The highest BCUT2D eigenvalue weighted by molar-refractivity contribution is 7.81. The maximum Gasteiger partial charge on any atom is 0.327 e. The predicted molar refractivity (Wildman–Crippen MR) is 70.3 cm³/mol. The number of thiol groups is 2. The van der Waals surface area contributed by atoms with Gasteiger partial charge in [0.15, 0.2) is 0 Å². The van der Waals surface area contributed by atoms with Gasteiger partial charge in [-0.2, -0.15) is 25.3 Å². The van der Waals surface area contributed by atoms with Crippen molar-refractivity contribution in [3.63, 3.8) is 0 Å². The van der Waals surface area contributed by atoms with Gasteiger partial charge in [-0.25, -0.2) is 4.79 Å². The molecule has 0 aliphatic heterocycles. The van der Waals surface area contributed by atoms with Crippen molar-refractivity contribution in [2.45, 2.75) is 38.5 Å². The molecule has 0 heterocycles. The lowest BCUT2D eigenvalue weighted by molar-refractivity contribution is -0.143. The number of aliphatic carboxylic acids is 1. The Hall–Kier alpha value is -0.360. The molecule has 2 N–H and O–H groups in total. The first kappa shape index (κ1) is 15.6. The second kappa shape index (κ2) is 5.31. The molecule has 0 spiro atoms. The lowest BCUT2D eigenvalue weighted by Crippen LogP contribution is -2.54. The van der Waals surface area contributed by atoms with Gasteiger partial charge in [0.05, 0.1) is 5.41 Å². The summed E-state index contributed by atoms with van der Waals surface area (Å²) < 4.78 is -0.825. The first-order chi connectivity index (χ1) is 7.02. The molecule has 0 unspecified atom stereocenters. The lowest BCUT2D eigenvalue weighted by Gasteiger charge is -2.30. The van der Waals surface area contributed by atoms with E-state index in [0.717, 1.165) is 0 Å². The molecule has 0 aromatic carbocycles. The molecule has 94 valence electrons. The van der Waals surface area contributed by atoms with Crippen LogP contribution in [-0.2, 0) is 9.59 Å². The molecule has 0 aromatic rings. The zero-order valence-corrected chi connectivity index (χ0v) is 11.7. The average Bonchev–Trinajstić information content (AvgIpc) is 2.11. The van der Waals surface area contributed by atoms with Gasteiger partial charge in [0.2, 0.25) is 5.91 Å². The molecule has 1 atom stereocenters. The maximum absolute atomic E-state index is 11.8. The number of hydrogen-bond donors (Lipinski definition) is 4. The van der Waals surface area contributed by atoms with Gasteiger partial charge in [-0.1, -0.05) is 13.8 Å². The minimum atomic E-state index is -1.09.